The summed E-state index contributed by atoms with van der Waals surface area (Å²) in [5.74, 6) is 0.878. The molecule has 0 aromatic heterocycles. The Bertz CT molecular complexity index is 443. The fourth-order valence-electron chi connectivity index (χ4n) is 2.87. The molecule has 0 radical (unpaired) electrons. The third kappa shape index (κ3) is 1.82. The molecule has 1 aliphatic heterocycles. The summed E-state index contributed by atoms with van der Waals surface area (Å²) in [5, 5.41) is 0.710. The zero-order valence-corrected chi connectivity index (χ0v) is 10.5. The molecule has 1 unspecified atom stereocenters. The average molecular weight is 254 g/mol. The average Bonchev–Trinajstić information content (AvgIpc) is 2.26. The molecule has 1 aliphatic carbocycles. The molecule has 4 heteroatoms. The van der Waals surface area contributed by atoms with Crippen LogP contribution in [0.1, 0.15) is 30.9 Å². The lowest BCUT2D eigenvalue weighted by Gasteiger charge is -2.50. The van der Waals surface area contributed by atoms with Crippen LogP contribution in [0.3, 0.4) is 0 Å². The number of benzene rings is 1. The van der Waals surface area contributed by atoms with Gasteiger partial charge in [-0.3, -0.25) is 0 Å². The Morgan fingerprint density at radius 1 is 1.41 bits per heavy atom. The summed E-state index contributed by atoms with van der Waals surface area (Å²) in [6.45, 7) is 0. The van der Waals surface area contributed by atoms with Crippen molar-refractivity contribution < 1.29 is 9.47 Å². The molecule has 0 amide bonds. The smallest absolute Gasteiger partial charge is 0.125 e. The van der Waals surface area contributed by atoms with Crippen LogP contribution in [-0.4, -0.2) is 18.8 Å². The highest BCUT2D eigenvalue weighted by Gasteiger charge is 2.50. The van der Waals surface area contributed by atoms with Crippen LogP contribution in [0, 0.1) is 0 Å². The molecular weight excluding hydrogens is 238 g/mol. The Morgan fingerprint density at radius 3 is 2.88 bits per heavy atom. The number of hydrogen-bond acceptors (Lipinski definition) is 3. The Hall–Kier alpha value is -0.770. The lowest BCUT2D eigenvalue weighted by Crippen LogP contribution is -2.55. The standard InChI is InChI=1S/C13H16ClNO2/c1-16-9-5-13(6-9)7-11(15)10-4-8(14)2-3-12(10)17-13/h2-4,9,11H,5-7,15H2,1H3. The summed E-state index contributed by atoms with van der Waals surface area (Å²) in [7, 11) is 1.74. The van der Waals surface area contributed by atoms with Gasteiger partial charge in [0, 0.05) is 43.0 Å². The summed E-state index contributed by atoms with van der Waals surface area (Å²) in [6.07, 6.45) is 3.02. The molecule has 1 spiro atoms. The molecule has 1 atom stereocenters. The largest absolute Gasteiger partial charge is 0.487 e. The summed E-state index contributed by atoms with van der Waals surface area (Å²) >= 11 is 5.98. The van der Waals surface area contributed by atoms with E-state index >= 15 is 0 Å². The minimum Gasteiger partial charge on any atom is -0.487 e. The fourth-order valence-corrected chi connectivity index (χ4v) is 3.05. The van der Waals surface area contributed by atoms with E-state index in [0.717, 1.165) is 30.6 Å². The maximum atomic E-state index is 6.21. The van der Waals surface area contributed by atoms with E-state index in [0.29, 0.717) is 11.1 Å². The maximum Gasteiger partial charge on any atom is 0.125 e. The van der Waals surface area contributed by atoms with Gasteiger partial charge in [-0.05, 0) is 18.2 Å². The highest BCUT2D eigenvalue weighted by molar-refractivity contribution is 6.30. The Balaban J connectivity index is 1.87. The normalized spacial score (nSPS) is 35.0. The highest BCUT2D eigenvalue weighted by atomic mass is 35.5. The molecule has 2 N–H and O–H groups in total. The van der Waals surface area contributed by atoms with Crippen molar-refractivity contribution in [3.63, 3.8) is 0 Å². The van der Waals surface area contributed by atoms with Gasteiger partial charge in [0.2, 0.25) is 0 Å². The lowest BCUT2D eigenvalue weighted by atomic mass is 9.71. The molecular formula is C13H16ClNO2. The molecule has 3 rings (SSSR count). The molecule has 1 aromatic carbocycles. The van der Waals surface area contributed by atoms with Crippen molar-refractivity contribution in [1.29, 1.82) is 0 Å². The summed E-state index contributed by atoms with van der Waals surface area (Å²) in [6, 6.07) is 5.67. The van der Waals surface area contributed by atoms with E-state index in [-0.39, 0.29) is 11.6 Å². The Morgan fingerprint density at radius 2 is 2.18 bits per heavy atom. The Kier molecular flexibility index (Phi) is 2.58. The number of nitrogens with two attached hydrogens (primary N) is 1. The minimum absolute atomic E-state index is 0.00950. The quantitative estimate of drug-likeness (QED) is 0.837. The van der Waals surface area contributed by atoms with Gasteiger partial charge >= 0.3 is 0 Å². The number of halogens is 1. The van der Waals surface area contributed by atoms with Gasteiger partial charge in [-0.1, -0.05) is 11.6 Å². The van der Waals surface area contributed by atoms with Crippen molar-refractivity contribution >= 4 is 11.6 Å². The molecule has 2 aliphatic rings. The first-order valence-electron chi connectivity index (χ1n) is 5.89. The highest BCUT2D eigenvalue weighted by Crippen LogP contribution is 2.49. The lowest BCUT2D eigenvalue weighted by molar-refractivity contribution is -0.124. The van der Waals surface area contributed by atoms with E-state index in [9.17, 15) is 0 Å². The predicted molar refractivity (Wildman–Crippen MR) is 66.4 cm³/mol. The third-order valence-electron chi connectivity index (χ3n) is 3.82. The number of rotatable bonds is 1. The summed E-state index contributed by atoms with van der Waals surface area (Å²) in [5.41, 5.74) is 7.12. The van der Waals surface area contributed by atoms with Gasteiger partial charge in [0.25, 0.3) is 0 Å². The number of hydrogen-bond donors (Lipinski definition) is 1. The van der Waals surface area contributed by atoms with Gasteiger partial charge in [0.1, 0.15) is 11.4 Å². The van der Waals surface area contributed by atoms with Gasteiger partial charge in [0.05, 0.1) is 6.10 Å². The van der Waals surface area contributed by atoms with E-state index in [2.05, 4.69) is 0 Å². The van der Waals surface area contributed by atoms with Gasteiger partial charge in [-0.2, -0.15) is 0 Å². The van der Waals surface area contributed by atoms with Crippen molar-refractivity contribution in [3.8, 4) is 5.75 Å². The zero-order chi connectivity index (χ0) is 12.0. The fraction of sp³-hybridized carbons (Fsp3) is 0.538. The van der Waals surface area contributed by atoms with E-state index < -0.39 is 0 Å². The summed E-state index contributed by atoms with van der Waals surface area (Å²) < 4.78 is 11.4. The van der Waals surface area contributed by atoms with Crippen molar-refractivity contribution in [2.45, 2.75) is 37.0 Å². The van der Waals surface area contributed by atoms with E-state index in [1.54, 1.807) is 7.11 Å². The van der Waals surface area contributed by atoms with Gasteiger partial charge in [0.15, 0.2) is 0 Å². The van der Waals surface area contributed by atoms with Crippen molar-refractivity contribution in [2.75, 3.05) is 7.11 Å². The second kappa shape index (κ2) is 3.87. The summed E-state index contributed by atoms with van der Waals surface area (Å²) in [4.78, 5) is 0. The first-order valence-corrected chi connectivity index (χ1v) is 6.26. The van der Waals surface area contributed by atoms with Crippen LogP contribution in [0.2, 0.25) is 5.02 Å². The second-order valence-electron chi connectivity index (χ2n) is 5.04. The topological polar surface area (TPSA) is 44.5 Å². The number of methoxy groups -OCH3 is 1. The Labute approximate surface area is 106 Å². The zero-order valence-electron chi connectivity index (χ0n) is 9.78. The van der Waals surface area contributed by atoms with Crippen molar-refractivity contribution in [1.82, 2.24) is 0 Å². The second-order valence-corrected chi connectivity index (χ2v) is 5.48. The van der Waals surface area contributed by atoms with Gasteiger partial charge < -0.3 is 15.2 Å². The van der Waals surface area contributed by atoms with Crippen LogP contribution in [-0.2, 0) is 4.74 Å². The van der Waals surface area contributed by atoms with Crippen LogP contribution in [0.15, 0.2) is 18.2 Å². The van der Waals surface area contributed by atoms with Crippen molar-refractivity contribution in [3.05, 3.63) is 28.8 Å². The molecule has 0 bridgehead atoms. The molecule has 1 saturated carbocycles. The first-order chi connectivity index (χ1) is 8.12. The first kappa shape index (κ1) is 11.3. The number of fused-ring (bicyclic) bond motifs is 1. The SMILES string of the molecule is COC1CC2(C1)CC(N)c1cc(Cl)ccc1O2. The van der Waals surface area contributed by atoms with Crippen LogP contribution in [0.5, 0.6) is 5.75 Å². The van der Waals surface area contributed by atoms with Crippen LogP contribution in [0.25, 0.3) is 0 Å². The molecule has 1 heterocycles. The molecule has 1 fully saturated rings. The third-order valence-corrected chi connectivity index (χ3v) is 4.06. The van der Waals surface area contributed by atoms with Gasteiger partial charge in [-0.25, -0.2) is 0 Å². The number of ether oxygens (including phenoxy) is 2. The van der Waals surface area contributed by atoms with Crippen LogP contribution < -0.4 is 10.5 Å². The van der Waals surface area contributed by atoms with E-state index in [1.165, 1.54) is 0 Å². The monoisotopic (exact) mass is 253 g/mol. The van der Waals surface area contributed by atoms with E-state index in [4.69, 9.17) is 26.8 Å². The maximum absolute atomic E-state index is 6.21. The molecule has 3 nitrogen and oxygen atoms in total. The van der Waals surface area contributed by atoms with Crippen LogP contribution in [0.4, 0.5) is 0 Å². The minimum atomic E-state index is -0.110. The van der Waals surface area contributed by atoms with Crippen molar-refractivity contribution in [2.24, 2.45) is 5.73 Å². The predicted octanol–water partition coefficient (Wildman–Crippen LogP) is 2.67. The molecule has 17 heavy (non-hydrogen) atoms. The molecule has 92 valence electrons. The molecule has 0 saturated heterocycles. The molecule has 1 aromatic rings. The van der Waals surface area contributed by atoms with Gasteiger partial charge in [-0.15, -0.1) is 0 Å². The van der Waals surface area contributed by atoms with Crippen LogP contribution >= 0.6 is 11.6 Å². The van der Waals surface area contributed by atoms with E-state index in [1.807, 2.05) is 18.2 Å².